The highest BCUT2D eigenvalue weighted by atomic mass is 32.2. The Morgan fingerprint density at radius 1 is 1.12 bits per heavy atom. The number of hydrogen-bond acceptors (Lipinski definition) is 5. The molecule has 2 heterocycles. The van der Waals surface area contributed by atoms with Crippen LogP contribution in [0.2, 0.25) is 0 Å². The molecule has 2 aromatic heterocycles. The molecule has 0 atom stereocenters. The molecule has 128 valence electrons. The van der Waals surface area contributed by atoms with Crippen molar-refractivity contribution in [3.05, 3.63) is 66.2 Å². The topological polar surface area (TPSA) is 117 Å². The predicted molar refractivity (Wildman–Crippen MR) is 92.8 cm³/mol. The van der Waals surface area contributed by atoms with E-state index in [4.69, 9.17) is 0 Å². The molecule has 0 bridgehead atoms. The molecule has 0 fully saturated rings. The standard InChI is InChI=1S/C16H15N5O3S/c1-11-18-10-15(19-11)25(23,24)21-13-6-4-5-12(9-13)16(22)20-14-7-2-3-8-17-14/h2-10,21H,1H3,(H,18,19)(H,17,20,22). The Morgan fingerprint density at radius 2 is 1.96 bits per heavy atom. The summed E-state index contributed by atoms with van der Waals surface area (Å²) < 4.78 is 27.0. The first-order valence-electron chi connectivity index (χ1n) is 7.31. The zero-order chi connectivity index (χ0) is 17.9. The minimum absolute atomic E-state index is 0.0478. The summed E-state index contributed by atoms with van der Waals surface area (Å²) in [6, 6.07) is 11.3. The highest BCUT2D eigenvalue weighted by molar-refractivity contribution is 7.92. The van der Waals surface area contributed by atoms with Gasteiger partial charge in [-0.25, -0.2) is 9.97 Å². The van der Waals surface area contributed by atoms with E-state index >= 15 is 0 Å². The number of anilines is 2. The van der Waals surface area contributed by atoms with Crippen molar-refractivity contribution in [2.45, 2.75) is 11.9 Å². The normalized spacial score (nSPS) is 11.1. The van der Waals surface area contributed by atoms with Gasteiger partial charge in [0.05, 0.1) is 6.20 Å². The minimum Gasteiger partial charge on any atom is -0.332 e. The number of hydrogen-bond donors (Lipinski definition) is 3. The second-order valence-corrected chi connectivity index (χ2v) is 6.84. The van der Waals surface area contributed by atoms with Gasteiger partial charge in [-0.05, 0) is 37.3 Å². The number of H-pyrrole nitrogens is 1. The molecule has 3 aromatic rings. The van der Waals surface area contributed by atoms with Gasteiger partial charge >= 0.3 is 0 Å². The molecule has 0 aliphatic rings. The predicted octanol–water partition coefficient (Wildman–Crippen LogP) is 2.17. The van der Waals surface area contributed by atoms with Crippen molar-refractivity contribution in [1.29, 1.82) is 0 Å². The van der Waals surface area contributed by atoms with Crippen LogP contribution < -0.4 is 10.0 Å². The number of carbonyl (C=O) groups excluding carboxylic acids is 1. The van der Waals surface area contributed by atoms with Crippen LogP contribution in [0.25, 0.3) is 0 Å². The van der Waals surface area contributed by atoms with Crippen molar-refractivity contribution in [1.82, 2.24) is 15.0 Å². The van der Waals surface area contributed by atoms with E-state index in [1.807, 2.05) is 0 Å². The molecule has 8 nitrogen and oxygen atoms in total. The fraction of sp³-hybridized carbons (Fsp3) is 0.0625. The van der Waals surface area contributed by atoms with Gasteiger partial charge in [0.25, 0.3) is 15.9 Å². The van der Waals surface area contributed by atoms with Crippen molar-refractivity contribution < 1.29 is 13.2 Å². The van der Waals surface area contributed by atoms with Gasteiger partial charge in [-0.15, -0.1) is 0 Å². The summed E-state index contributed by atoms with van der Waals surface area (Å²) in [4.78, 5) is 22.8. The number of amides is 1. The third-order valence-corrected chi connectivity index (χ3v) is 4.54. The van der Waals surface area contributed by atoms with Crippen LogP contribution in [-0.2, 0) is 10.0 Å². The summed E-state index contributed by atoms with van der Waals surface area (Å²) in [5, 5.41) is 2.59. The molecule has 0 spiro atoms. The number of sulfonamides is 1. The third kappa shape index (κ3) is 4.01. The molecule has 25 heavy (non-hydrogen) atoms. The Bertz CT molecular complexity index is 999. The van der Waals surface area contributed by atoms with Crippen LogP contribution >= 0.6 is 0 Å². The number of pyridine rings is 1. The van der Waals surface area contributed by atoms with Gasteiger partial charge in [0, 0.05) is 17.4 Å². The maximum atomic E-state index is 12.3. The Balaban J connectivity index is 1.78. The van der Waals surface area contributed by atoms with Gasteiger partial charge in [0.15, 0.2) is 5.03 Å². The second kappa shape index (κ2) is 6.73. The van der Waals surface area contributed by atoms with Gasteiger partial charge in [-0.1, -0.05) is 12.1 Å². The highest BCUT2D eigenvalue weighted by Gasteiger charge is 2.17. The van der Waals surface area contributed by atoms with E-state index in [1.54, 1.807) is 49.5 Å². The minimum atomic E-state index is -3.81. The number of rotatable bonds is 5. The SMILES string of the molecule is Cc1ncc(S(=O)(=O)Nc2cccc(C(=O)Nc3ccccn3)c2)[nH]1. The first-order chi connectivity index (χ1) is 11.9. The van der Waals surface area contributed by atoms with E-state index in [1.165, 1.54) is 12.3 Å². The zero-order valence-corrected chi connectivity index (χ0v) is 14.0. The van der Waals surface area contributed by atoms with E-state index in [2.05, 4.69) is 25.0 Å². The molecule has 3 rings (SSSR count). The van der Waals surface area contributed by atoms with E-state index in [9.17, 15) is 13.2 Å². The van der Waals surface area contributed by atoms with Crippen molar-refractivity contribution in [3.63, 3.8) is 0 Å². The average Bonchev–Trinajstić information content (AvgIpc) is 3.03. The van der Waals surface area contributed by atoms with E-state index in [0.29, 0.717) is 17.2 Å². The summed E-state index contributed by atoms with van der Waals surface area (Å²) >= 11 is 0. The summed E-state index contributed by atoms with van der Waals surface area (Å²) in [6.45, 7) is 1.65. The first kappa shape index (κ1) is 16.7. The number of aromatic amines is 1. The first-order valence-corrected chi connectivity index (χ1v) is 8.79. The van der Waals surface area contributed by atoms with Crippen LogP contribution in [0.4, 0.5) is 11.5 Å². The molecule has 0 radical (unpaired) electrons. The van der Waals surface area contributed by atoms with Crippen LogP contribution in [0.15, 0.2) is 59.9 Å². The summed E-state index contributed by atoms with van der Waals surface area (Å²) in [5.41, 5.74) is 0.563. The van der Waals surface area contributed by atoms with Crippen LogP contribution in [-0.4, -0.2) is 29.3 Å². The van der Waals surface area contributed by atoms with Gasteiger partial charge in [0.2, 0.25) is 0 Å². The number of benzene rings is 1. The van der Waals surface area contributed by atoms with Crippen LogP contribution in [0.1, 0.15) is 16.2 Å². The molecule has 0 aliphatic heterocycles. The van der Waals surface area contributed by atoms with Crippen molar-refractivity contribution in [2.24, 2.45) is 0 Å². The van der Waals surface area contributed by atoms with E-state index < -0.39 is 15.9 Å². The Hall–Kier alpha value is -3.20. The molecule has 0 saturated carbocycles. The molecule has 1 amide bonds. The summed E-state index contributed by atoms with van der Waals surface area (Å²) in [7, 11) is -3.81. The van der Waals surface area contributed by atoms with Gasteiger partial charge in [-0.3, -0.25) is 9.52 Å². The molecule has 1 aromatic carbocycles. The molecule has 3 N–H and O–H groups in total. The van der Waals surface area contributed by atoms with Crippen molar-refractivity contribution in [2.75, 3.05) is 10.0 Å². The average molecular weight is 357 g/mol. The van der Waals surface area contributed by atoms with Crippen LogP contribution in [0.5, 0.6) is 0 Å². The lowest BCUT2D eigenvalue weighted by Gasteiger charge is -2.08. The fourth-order valence-corrected chi connectivity index (χ4v) is 3.11. The fourth-order valence-electron chi connectivity index (χ4n) is 2.09. The van der Waals surface area contributed by atoms with Crippen LogP contribution in [0.3, 0.4) is 0 Å². The van der Waals surface area contributed by atoms with Crippen LogP contribution in [0, 0.1) is 6.92 Å². The lowest BCUT2D eigenvalue weighted by atomic mass is 10.2. The maximum Gasteiger partial charge on any atom is 0.278 e. The number of nitrogens with zero attached hydrogens (tertiary/aromatic N) is 2. The number of aryl methyl sites for hydroxylation is 1. The molecular weight excluding hydrogens is 342 g/mol. The zero-order valence-electron chi connectivity index (χ0n) is 13.2. The highest BCUT2D eigenvalue weighted by Crippen LogP contribution is 2.17. The summed E-state index contributed by atoms with van der Waals surface area (Å²) in [5.74, 6) is 0.507. The smallest absolute Gasteiger partial charge is 0.278 e. The molecular formula is C16H15N5O3S. The maximum absolute atomic E-state index is 12.3. The van der Waals surface area contributed by atoms with Crippen molar-refractivity contribution >= 4 is 27.4 Å². The third-order valence-electron chi connectivity index (χ3n) is 3.25. The Morgan fingerprint density at radius 3 is 2.64 bits per heavy atom. The number of imidazole rings is 1. The quantitative estimate of drug-likeness (QED) is 0.647. The lowest BCUT2D eigenvalue weighted by Crippen LogP contribution is -2.15. The van der Waals surface area contributed by atoms with E-state index in [0.717, 1.165) is 0 Å². The number of nitrogens with one attached hydrogen (secondary N) is 3. The second-order valence-electron chi connectivity index (χ2n) is 5.19. The molecule has 0 saturated heterocycles. The Kier molecular flexibility index (Phi) is 4.48. The van der Waals surface area contributed by atoms with Crippen molar-refractivity contribution in [3.8, 4) is 0 Å². The largest absolute Gasteiger partial charge is 0.332 e. The molecule has 0 aliphatic carbocycles. The monoisotopic (exact) mass is 357 g/mol. The van der Waals surface area contributed by atoms with Gasteiger partial charge in [0.1, 0.15) is 11.6 Å². The number of carbonyl (C=O) groups is 1. The Labute approximate surface area is 144 Å². The summed E-state index contributed by atoms with van der Waals surface area (Å²) in [6.07, 6.45) is 2.79. The van der Waals surface area contributed by atoms with Gasteiger partial charge in [-0.2, -0.15) is 8.42 Å². The number of aromatic nitrogens is 3. The lowest BCUT2D eigenvalue weighted by molar-refractivity contribution is 0.102. The molecule has 0 unspecified atom stereocenters. The molecule has 9 heteroatoms. The van der Waals surface area contributed by atoms with E-state index in [-0.39, 0.29) is 10.7 Å². The van der Waals surface area contributed by atoms with Gasteiger partial charge < -0.3 is 10.3 Å².